The number of pyridine rings is 1. The van der Waals surface area contributed by atoms with Crippen molar-refractivity contribution in [2.75, 3.05) is 35.2 Å². The number of nitrogens with zero attached hydrogens (tertiary/aromatic N) is 5. The second kappa shape index (κ2) is 8.24. The van der Waals surface area contributed by atoms with Gasteiger partial charge < -0.3 is 20.3 Å². The Morgan fingerprint density at radius 1 is 1.18 bits per heavy atom. The first kappa shape index (κ1) is 21.0. The third-order valence-corrected chi connectivity index (χ3v) is 6.35. The maximum Gasteiger partial charge on any atom is 0.237 e. The number of benzene rings is 1. The highest BCUT2D eigenvalue weighted by molar-refractivity contribution is 5.70. The van der Waals surface area contributed by atoms with Gasteiger partial charge >= 0.3 is 0 Å². The van der Waals surface area contributed by atoms with Crippen molar-refractivity contribution in [3.8, 4) is 11.9 Å². The van der Waals surface area contributed by atoms with E-state index in [1.807, 2.05) is 50.5 Å². The van der Waals surface area contributed by atoms with Gasteiger partial charge in [-0.05, 0) is 50.5 Å². The Kier molecular flexibility index (Phi) is 5.25. The zero-order valence-electron chi connectivity index (χ0n) is 19.1. The lowest BCUT2D eigenvalue weighted by atomic mass is 9.86. The minimum absolute atomic E-state index is 0.518. The van der Waals surface area contributed by atoms with E-state index in [4.69, 9.17) is 9.72 Å². The van der Waals surface area contributed by atoms with Crippen molar-refractivity contribution in [2.45, 2.75) is 39.2 Å². The summed E-state index contributed by atoms with van der Waals surface area (Å²) in [7, 11) is 0. The van der Waals surface area contributed by atoms with Crippen LogP contribution in [0.1, 0.15) is 36.2 Å². The Bertz CT molecular complexity index is 1230. The van der Waals surface area contributed by atoms with Crippen LogP contribution in [0.25, 0.3) is 0 Å². The van der Waals surface area contributed by atoms with Gasteiger partial charge in [0, 0.05) is 30.5 Å². The number of aromatic nitrogens is 3. The highest BCUT2D eigenvalue weighted by Crippen LogP contribution is 2.36. The molecule has 8 heteroatoms. The molecule has 2 aliphatic rings. The standard InChI is InChI=1S/C25H27N7O/c1-16-21(13-28-23-22(16)27-9-11-33-23)32-10-8-17-12-29-24(31-20(17)14-32)30-19-6-4-18(5-7-19)25(2,3)15-26/h4-7,12-13,27H,8-11,14H2,1-3H3,(H,29,30,31). The monoisotopic (exact) mass is 441 g/mol. The lowest BCUT2D eigenvalue weighted by Gasteiger charge is -2.32. The molecule has 0 fully saturated rings. The van der Waals surface area contributed by atoms with Crippen molar-refractivity contribution in [1.82, 2.24) is 15.0 Å². The molecule has 0 bridgehead atoms. The van der Waals surface area contributed by atoms with E-state index in [0.29, 0.717) is 25.0 Å². The molecule has 5 rings (SSSR count). The molecular weight excluding hydrogens is 414 g/mol. The quantitative estimate of drug-likeness (QED) is 0.625. The van der Waals surface area contributed by atoms with Crippen molar-refractivity contribution < 1.29 is 4.74 Å². The Balaban J connectivity index is 1.35. The molecule has 4 heterocycles. The van der Waals surface area contributed by atoms with Gasteiger partial charge in [-0.2, -0.15) is 5.26 Å². The zero-order chi connectivity index (χ0) is 23.0. The van der Waals surface area contributed by atoms with Crippen LogP contribution in [0.3, 0.4) is 0 Å². The Morgan fingerprint density at radius 3 is 2.79 bits per heavy atom. The second-order valence-electron chi connectivity index (χ2n) is 9.00. The van der Waals surface area contributed by atoms with Crippen LogP contribution in [0.4, 0.5) is 23.0 Å². The largest absolute Gasteiger partial charge is 0.474 e. The van der Waals surface area contributed by atoms with Crippen molar-refractivity contribution >= 4 is 23.0 Å². The van der Waals surface area contributed by atoms with Crippen molar-refractivity contribution in [1.29, 1.82) is 5.26 Å². The molecule has 168 valence electrons. The summed E-state index contributed by atoms with van der Waals surface area (Å²) in [6.07, 6.45) is 4.70. The van der Waals surface area contributed by atoms with E-state index in [1.54, 1.807) is 0 Å². The van der Waals surface area contributed by atoms with Crippen LogP contribution >= 0.6 is 0 Å². The fourth-order valence-electron chi connectivity index (χ4n) is 4.26. The average Bonchev–Trinajstić information content (AvgIpc) is 2.84. The number of ether oxygens (including phenoxy) is 1. The first-order chi connectivity index (χ1) is 15.9. The number of anilines is 4. The van der Waals surface area contributed by atoms with Gasteiger partial charge in [0.1, 0.15) is 12.3 Å². The predicted octanol–water partition coefficient (Wildman–Crippen LogP) is 4.09. The summed E-state index contributed by atoms with van der Waals surface area (Å²) >= 11 is 0. The van der Waals surface area contributed by atoms with E-state index in [9.17, 15) is 5.26 Å². The fourth-order valence-corrected chi connectivity index (χ4v) is 4.26. The Hall–Kier alpha value is -3.86. The smallest absolute Gasteiger partial charge is 0.237 e. The second-order valence-corrected chi connectivity index (χ2v) is 9.00. The molecule has 2 aliphatic heterocycles. The third-order valence-electron chi connectivity index (χ3n) is 6.35. The molecule has 0 spiro atoms. The maximum atomic E-state index is 9.34. The van der Waals surface area contributed by atoms with Crippen molar-refractivity contribution in [3.63, 3.8) is 0 Å². The van der Waals surface area contributed by atoms with E-state index in [1.165, 1.54) is 5.56 Å². The van der Waals surface area contributed by atoms with E-state index in [2.05, 4.69) is 38.5 Å². The molecule has 0 saturated heterocycles. The van der Waals surface area contributed by atoms with Gasteiger partial charge in [-0.25, -0.2) is 15.0 Å². The molecule has 0 amide bonds. The lowest BCUT2D eigenvalue weighted by Crippen LogP contribution is -2.32. The average molecular weight is 442 g/mol. The molecule has 1 aromatic carbocycles. The van der Waals surface area contributed by atoms with Crippen LogP contribution in [-0.2, 0) is 18.4 Å². The summed E-state index contributed by atoms with van der Waals surface area (Å²) in [5, 5.41) is 16.1. The highest BCUT2D eigenvalue weighted by Gasteiger charge is 2.24. The van der Waals surface area contributed by atoms with Crippen LogP contribution in [0.2, 0.25) is 0 Å². The molecule has 3 aromatic rings. The minimum Gasteiger partial charge on any atom is -0.474 e. The highest BCUT2D eigenvalue weighted by atomic mass is 16.5. The molecule has 2 N–H and O–H groups in total. The van der Waals surface area contributed by atoms with Crippen LogP contribution in [0.5, 0.6) is 5.88 Å². The number of nitrogens with one attached hydrogen (secondary N) is 2. The molecule has 0 radical (unpaired) electrons. The normalized spacial score (nSPS) is 14.9. The zero-order valence-corrected chi connectivity index (χ0v) is 19.1. The maximum absolute atomic E-state index is 9.34. The Morgan fingerprint density at radius 2 is 2.00 bits per heavy atom. The van der Waals surface area contributed by atoms with E-state index < -0.39 is 5.41 Å². The third kappa shape index (κ3) is 4.02. The molecule has 8 nitrogen and oxygen atoms in total. The van der Waals surface area contributed by atoms with Crippen LogP contribution in [-0.4, -0.2) is 34.6 Å². The summed E-state index contributed by atoms with van der Waals surface area (Å²) in [6.45, 7) is 8.95. The SMILES string of the molecule is Cc1c(N2CCc3cnc(Nc4ccc(C(C)(C)C#N)cc4)nc3C2)cnc2c1NCCO2. The van der Waals surface area contributed by atoms with E-state index >= 15 is 0 Å². The predicted molar refractivity (Wildman–Crippen MR) is 128 cm³/mol. The summed E-state index contributed by atoms with van der Waals surface area (Å²) in [6, 6.07) is 10.2. The molecule has 0 aliphatic carbocycles. The topological polar surface area (TPSA) is 99.0 Å². The molecule has 0 unspecified atom stereocenters. The van der Waals surface area contributed by atoms with Gasteiger partial charge in [0.05, 0.1) is 35.6 Å². The number of hydrogen-bond donors (Lipinski definition) is 2. The summed E-state index contributed by atoms with van der Waals surface area (Å²) < 4.78 is 5.67. The molecular formula is C25H27N7O. The van der Waals surface area contributed by atoms with Crippen LogP contribution < -0.4 is 20.3 Å². The summed E-state index contributed by atoms with van der Waals surface area (Å²) in [4.78, 5) is 16.2. The van der Waals surface area contributed by atoms with Gasteiger partial charge in [-0.15, -0.1) is 0 Å². The molecule has 0 saturated carbocycles. The Labute approximate surface area is 193 Å². The number of fused-ring (bicyclic) bond motifs is 2. The van der Waals surface area contributed by atoms with Gasteiger partial charge in [0.15, 0.2) is 0 Å². The van der Waals surface area contributed by atoms with Gasteiger partial charge in [0.25, 0.3) is 0 Å². The van der Waals surface area contributed by atoms with E-state index in [0.717, 1.165) is 53.4 Å². The summed E-state index contributed by atoms with van der Waals surface area (Å²) in [5.41, 5.74) is 6.77. The minimum atomic E-state index is -0.518. The van der Waals surface area contributed by atoms with Crippen LogP contribution in [0.15, 0.2) is 36.7 Å². The molecule has 33 heavy (non-hydrogen) atoms. The van der Waals surface area contributed by atoms with Crippen molar-refractivity contribution in [2.24, 2.45) is 0 Å². The molecule has 0 atom stereocenters. The number of nitriles is 1. The lowest BCUT2D eigenvalue weighted by molar-refractivity contribution is 0.310. The number of rotatable bonds is 4. The number of hydrogen-bond acceptors (Lipinski definition) is 8. The van der Waals surface area contributed by atoms with E-state index in [-0.39, 0.29) is 0 Å². The van der Waals surface area contributed by atoms with Gasteiger partial charge in [0.2, 0.25) is 11.8 Å². The van der Waals surface area contributed by atoms with Crippen molar-refractivity contribution in [3.05, 3.63) is 59.0 Å². The van der Waals surface area contributed by atoms with Gasteiger partial charge in [-0.3, -0.25) is 0 Å². The fraction of sp³-hybridized carbons (Fsp3) is 0.360. The first-order valence-electron chi connectivity index (χ1n) is 11.2. The first-order valence-corrected chi connectivity index (χ1v) is 11.2. The summed E-state index contributed by atoms with van der Waals surface area (Å²) in [5.74, 6) is 1.25. The molecule has 2 aromatic heterocycles. The van der Waals surface area contributed by atoms with Crippen LogP contribution in [0, 0.1) is 18.3 Å². The van der Waals surface area contributed by atoms with Gasteiger partial charge in [-0.1, -0.05) is 12.1 Å².